The third-order valence-electron chi connectivity index (χ3n) is 3.32. The standard InChI is InChI=1S/C14H13ClFNO2/c1-2-14(15)9-8-11(10-6-4-3-5-7-10)12(16)13(14)17(18)19/h3-9,13H,2H2,1H3. The fourth-order valence-corrected chi connectivity index (χ4v) is 2.42. The fraction of sp³-hybridized carbons (Fsp3) is 0.286. The van der Waals surface area contributed by atoms with E-state index in [-0.39, 0.29) is 12.0 Å². The van der Waals surface area contributed by atoms with E-state index in [0.29, 0.717) is 5.56 Å². The first-order valence-electron chi connectivity index (χ1n) is 5.96. The van der Waals surface area contributed by atoms with E-state index in [4.69, 9.17) is 11.6 Å². The first-order chi connectivity index (χ1) is 8.99. The van der Waals surface area contributed by atoms with Crippen molar-refractivity contribution in [2.75, 3.05) is 0 Å². The van der Waals surface area contributed by atoms with Crippen LogP contribution in [0.3, 0.4) is 0 Å². The van der Waals surface area contributed by atoms with Crippen molar-refractivity contribution in [3.8, 4) is 0 Å². The van der Waals surface area contributed by atoms with E-state index >= 15 is 0 Å². The van der Waals surface area contributed by atoms with Gasteiger partial charge in [0.05, 0.1) is 0 Å². The van der Waals surface area contributed by atoms with Gasteiger partial charge in [-0.05, 0) is 12.0 Å². The van der Waals surface area contributed by atoms with Crippen LogP contribution < -0.4 is 0 Å². The Morgan fingerprint density at radius 3 is 2.58 bits per heavy atom. The van der Waals surface area contributed by atoms with Gasteiger partial charge in [-0.15, -0.1) is 11.6 Å². The van der Waals surface area contributed by atoms with Gasteiger partial charge in [0, 0.05) is 10.5 Å². The van der Waals surface area contributed by atoms with E-state index in [2.05, 4.69) is 0 Å². The zero-order valence-electron chi connectivity index (χ0n) is 10.3. The van der Waals surface area contributed by atoms with Crippen molar-refractivity contribution in [1.29, 1.82) is 0 Å². The molecule has 1 aromatic carbocycles. The summed E-state index contributed by atoms with van der Waals surface area (Å²) in [4.78, 5) is 9.17. The number of benzene rings is 1. The number of halogens is 2. The average molecular weight is 282 g/mol. The molecule has 0 aliphatic heterocycles. The van der Waals surface area contributed by atoms with Gasteiger partial charge in [0.1, 0.15) is 4.87 Å². The molecule has 19 heavy (non-hydrogen) atoms. The van der Waals surface area contributed by atoms with E-state index in [0.717, 1.165) is 0 Å². The van der Waals surface area contributed by atoms with Crippen molar-refractivity contribution in [2.45, 2.75) is 24.3 Å². The lowest BCUT2D eigenvalue weighted by molar-refractivity contribution is -0.519. The zero-order valence-corrected chi connectivity index (χ0v) is 11.1. The van der Waals surface area contributed by atoms with Gasteiger partial charge in [0.25, 0.3) is 6.04 Å². The molecule has 100 valence electrons. The van der Waals surface area contributed by atoms with Crippen LogP contribution in [0.4, 0.5) is 4.39 Å². The molecule has 0 saturated heterocycles. The van der Waals surface area contributed by atoms with Crippen molar-refractivity contribution in [1.82, 2.24) is 0 Å². The highest BCUT2D eigenvalue weighted by Crippen LogP contribution is 2.40. The number of hydrogen-bond donors (Lipinski definition) is 0. The van der Waals surface area contributed by atoms with Crippen molar-refractivity contribution < 1.29 is 9.31 Å². The maximum Gasteiger partial charge on any atom is 0.286 e. The van der Waals surface area contributed by atoms with Crippen LogP contribution in [0.2, 0.25) is 0 Å². The molecular formula is C14H13ClFNO2. The third kappa shape index (κ3) is 2.40. The number of hydrogen-bond acceptors (Lipinski definition) is 2. The molecule has 0 saturated carbocycles. The molecular weight excluding hydrogens is 269 g/mol. The highest BCUT2D eigenvalue weighted by Gasteiger charge is 2.48. The van der Waals surface area contributed by atoms with Crippen molar-refractivity contribution in [3.05, 3.63) is 64.0 Å². The van der Waals surface area contributed by atoms with Crippen LogP contribution in [0.1, 0.15) is 18.9 Å². The van der Waals surface area contributed by atoms with E-state index in [1.807, 2.05) is 0 Å². The summed E-state index contributed by atoms with van der Waals surface area (Å²) in [6.07, 6.45) is 3.33. The Balaban J connectivity index is 2.53. The predicted octanol–water partition coefficient (Wildman–Crippen LogP) is 3.97. The average Bonchev–Trinajstić information content (AvgIpc) is 2.39. The molecule has 1 aliphatic rings. The Labute approximate surface area is 115 Å². The highest BCUT2D eigenvalue weighted by atomic mass is 35.5. The van der Waals surface area contributed by atoms with Crippen LogP contribution in [0, 0.1) is 10.1 Å². The molecule has 0 radical (unpaired) electrons. The van der Waals surface area contributed by atoms with Crippen molar-refractivity contribution >= 4 is 17.2 Å². The lowest BCUT2D eigenvalue weighted by Gasteiger charge is -2.28. The second-order valence-corrected chi connectivity index (χ2v) is 5.13. The zero-order chi connectivity index (χ0) is 14.0. The second kappa shape index (κ2) is 5.13. The maximum atomic E-state index is 14.4. The van der Waals surface area contributed by atoms with Gasteiger partial charge in [0.2, 0.25) is 0 Å². The molecule has 1 aromatic rings. The van der Waals surface area contributed by atoms with Crippen molar-refractivity contribution in [2.24, 2.45) is 0 Å². The van der Waals surface area contributed by atoms with Gasteiger partial charge in [-0.2, -0.15) is 0 Å². The molecule has 0 heterocycles. The maximum absolute atomic E-state index is 14.4. The molecule has 2 unspecified atom stereocenters. The molecule has 1 aliphatic carbocycles. The molecule has 0 fully saturated rings. The van der Waals surface area contributed by atoms with Crippen LogP contribution >= 0.6 is 11.6 Å². The van der Waals surface area contributed by atoms with Gasteiger partial charge in [0.15, 0.2) is 5.83 Å². The van der Waals surface area contributed by atoms with E-state index in [9.17, 15) is 14.5 Å². The topological polar surface area (TPSA) is 43.1 Å². The fourth-order valence-electron chi connectivity index (χ4n) is 2.18. The second-order valence-electron chi connectivity index (χ2n) is 4.43. The Morgan fingerprint density at radius 1 is 1.42 bits per heavy atom. The summed E-state index contributed by atoms with van der Waals surface area (Å²) in [5.74, 6) is -0.782. The molecule has 0 spiro atoms. The molecule has 2 atom stereocenters. The van der Waals surface area contributed by atoms with Gasteiger partial charge in [-0.3, -0.25) is 10.1 Å². The number of nitrogens with zero attached hydrogens (tertiary/aromatic N) is 1. The summed E-state index contributed by atoms with van der Waals surface area (Å²) in [7, 11) is 0. The molecule has 5 heteroatoms. The summed E-state index contributed by atoms with van der Waals surface area (Å²) in [5.41, 5.74) is 0.838. The summed E-state index contributed by atoms with van der Waals surface area (Å²) in [6.45, 7) is 1.70. The monoisotopic (exact) mass is 281 g/mol. The lowest BCUT2D eigenvalue weighted by atomic mass is 9.86. The van der Waals surface area contributed by atoms with Crippen LogP contribution in [0.5, 0.6) is 0 Å². The molecule has 0 N–H and O–H groups in total. The summed E-state index contributed by atoms with van der Waals surface area (Å²) < 4.78 is 14.4. The number of nitro groups is 1. The number of rotatable bonds is 3. The summed E-state index contributed by atoms with van der Waals surface area (Å²) in [5, 5.41) is 11.1. The van der Waals surface area contributed by atoms with E-state index in [1.54, 1.807) is 37.3 Å². The number of alkyl halides is 1. The minimum absolute atomic E-state index is 0.229. The van der Waals surface area contributed by atoms with Gasteiger partial charge < -0.3 is 0 Å². The Hall–Kier alpha value is -1.68. The van der Waals surface area contributed by atoms with Crippen LogP contribution in [-0.2, 0) is 0 Å². The smallest absolute Gasteiger partial charge is 0.264 e. The van der Waals surface area contributed by atoms with E-state index in [1.165, 1.54) is 12.2 Å². The molecule has 2 rings (SSSR count). The largest absolute Gasteiger partial charge is 0.286 e. The molecule has 3 nitrogen and oxygen atoms in total. The third-order valence-corrected chi connectivity index (χ3v) is 3.92. The number of allylic oxidation sites excluding steroid dienone is 2. The van der Waals surface area contributed by atoms with Crippen molar-refractivity contribution in [3.63, 3.8) is 0 Å². The lowest BCUT2D eigenvalue weighted by Crippen LogP contribution is -2.43. The first-order valence-corrected chi connectivity index (χ1v) is 6.34. The highest BCUT2D eigenvalue weighted by molar-refractivity contribution is 6.26. The molecule has 0 aromatic heterocycles. The Morgan fingerprint density at radius 2 is 2.05 bits per heavy atom. The summed E-state index contributed by atoms with van der Waals surface area (Å²) >= 11 is 6.17. The Kier molecular flexibility index (Phi) is 3.71. The quantitative estimate of drug-likeness (QED) is 0.478. The molecule has 0 amide bonds. The predicted molar refractivity (Wildman–Crippen MR) is 73.3 cm³/mol. The molecule has 0 bridgehead atoms. The van der Waals surface area contributed by atoms with Crippen LogP contribution in [0.25, 0.3) is 5.57 Å². The SMILES string of the molecule is CCC1(Cl)C=CC(c2ccccc2)=C(F)C1[N+](=O)[O-]. The van der Waals surface area contributed by atoms with Gasteiger partial charge >= 0.3 is 0 Å². The van der Waals surface area contributed by atoms with Gasteiger partial charge in [-0.25, -0.2) is 4.39 Å². The van der Waals surface area contributed by atoms with Gasteiger partial charge in [-0.1, -0.05) is 49.4 Å². The van der Waals surface area contributed by atoms with Crippen LogP contribution in [-0.4, -0.2) is 15.8 Å². The minimum Gasteiger partial charge on any atom is -0.264 e. The Bertz CT molecular complexity index is 556. The summed E-state index contributed by atoms with van der Waals surface area (Å²) in [6, 6.07) is 7.20. The first kappa shape index (κ1) is 13.7. The normalized spacial score (nSPS) is 26.6. The van der Waals surface area contributed by atoms with Crippen LogP contribution in [0.15, 0.2) is 48.3 Å². The minimum atomic E-state index is -1.54. The van der Waals surface area contributed by atoms with E-state index < -0.39 is 21.7 Å².